The van der Waals surface area contributed by atoms with Crippen LogP contribution < -0.4 is 16.0 Å². The average molecular weight is 341 g/mol. The van der Waals surface area contributed by atoms with Crippen LogP contribution in [0.4, 0.5) is 10.5 Å². The first kappa shape index (κ1) is 18.5. The first-order chi connectivity index (χ1) is 12.2. The summed E-state index contributed by atoms with van der Waals surface area (Å²) in [4.78, 5) is 23.6. The third-order valence-electron chi connectivity index (χ3n) is 3.50. The second-order valence-corrected chi connectivity index (χ2v) is 5.51. The highest BCUT2D eigenvalue weighted by atomic mass is 16.5. The summed E-state index contributed by atoms with van der Waals surface area (Å²) in [6.45, 7) is 1.45. The van der Waals surface area contributed by atoms with Crippen LogP contribution in [0.5, 0.6) is 0 Å². The molecular formula is C19H23N3O3. The lowest BCUT2D eigenvalue weighted by atomic mass is 10.1. The Morgan fingerprint density at radius 1 is 0.920 bits per heavy atom. The molecule has 0 unspecified atom stereocenters. The van der Waals surface area contributed by atoms with Crippen molar-refractivity contribution in [3.8, 4) is 0 Å². The van der Waals surface area contributed by atoms with E-state index in [2.05, 4.69) is 16.0 Å². The lowest BCUT2D eigenvalue weighted by Crippen LogP contribution is -2.28. The van der Waals surface area contributed by atoms with E-state index in [9.17, 15) is 9.59 Å². The molecule has 0 saturated carbocycles. The van der Waals surface area contributed by atoms with Gasteiger partial charge < -0.3 is 20.7 Å². The highest BCUT2D eigenvalue weighted by molar-refractivity contribution is 5.89. The van der Waals surface area contributed by atoms with E-state index in [4.69, 9.17) is 4.74 Å². The molecule has 0 bridgehead atoms. The van der Waals surface area contributed by atoms with Crippen LogP contribution >= 0.6 is 0 Å². The number of methoxy groups -OCH3 is 1. The van der Waals surface area contributed by atoms with Crippen LogP contribution in [0.25, 0.3) is 0 Å². The lowest BCUT2D eigenvalue weighted by Gasteiger charge is -2.09. The fourth-order valence-electron chi connectivity index (χ4n) is 2.20. The summed E-state index contributed by atoms with van der Waals surface area (Å²) in [5.41, 5.74) is 2.59. The average Bonchev–Trinajstić information content (AvgIpc) is 2.63. The van der Waals surface area contributed by atoms with Gasteiger partial charge in [-0.2, -0.15) is 0 Å². The van der Waals surface area contributed by atoms with Crippen molar-refractivity contribution in [3.05, 3.63) is 65.7 Å². The van der Waals surface area contributed by atoms with E-state index >= 15 is 0 Å². The number of ether oxygens (including phenoxy) is 1. The van der Waals surface area contributed by atoms with Gasteiger partial charge in [0.2, 0.25) is 5.91 Å². The highest BCUT2D eigenvalue weighted by Gasteiger charge is 2.05. The molecule has 6 nitrogen and oxygen atoms in total. The van der Waals surface area contributed by atoms with Crippen molar-refractivity contribution in [1.82, 2.24) is 10.6 Å². The monoisotopic (exact) mass is 341 g/mol. The van der Waals surface area contributed by atoms with Crippen molar-refractivity contribution in [1.29, 1.82) is 0 Å². The maximum Gasteiger partial charge on any atom is 0.319 e. The Bertz CT molecular complexity index is 672. The van der Waals surface area contributed by atoms with E-state index < -0.39 is 0 Å². The predicted octanol–water partition coefficient (Wildman–Crippen LogP) is 2.31. The molecule has 3 amide bonds. The van der Waals surface area contributed by atoms with Crippen LogP contribution in [0.15, 0.2) is 54.6 Å². The van der Waals surface area contributed by atoms with E-state index in [-0.39, 0.29) is 11.9 Å². The second kappa shape index (κ2) is 10.1. The molecule has 2 rings (SSSR count). The van der Waals surface area contributed by atoms with Crippen LogP contribution in [-0.4, -0.2) is 32.2 Å². The van der Waals surface area contributed by atoms with E-state index in [1.807, 2.05) is 42.5 Å². The normalized spacial score (nSPS) is 10.1. The molecule has 0 radical (unpaired) electrons. The number of amides is 3. The maximum absolute atomic E-state index is 11.9. The van der Waals surface area contributed by atoms with Crippen LogP contribution in [0, 0.1) is 0 Å². The Labute approximate surface area is 147 Å². The molecule has 0 spiro atoms. The molecule has 2 aromatic rings. The van der Waals surface area contributed by atoms with E-state index in [1.165, 1.54) is 0 Å². The minimum Gasteiger partial charge on any atom is -0.383 e. The van der Waals surface area contributed by atoms with Crippen molar-refractivity contribution < 1.29 is 14.3 Å². The smallest absolute Gasteiger partial charge is 0.319 e. The summed E-state index contributed by atoms with van der Waals surface area (Å²) in [5.74, 6) is -0.0571. The number of carbonyl (C=O) groups is 2. The van der Waals surface area contributed by atoms with Gasteiger partial charge in [-0.05, 0) is 23.3 Å². The van der Waals surface area contributed by atoms with Gasteiger partial charge in [-0.25, -0.2) is 4.79 Å². The number of urea groups is 1. The van der Waals surface area contributed by atoms with E-state index in [0.717, 1.165) is 11.1 Å². The number of nitrogens with one attached hydrogen (secondary N) is 3. The largest absolute Gasteiger partial charge is 0.383 e. The zero-order chi connectivity index (χ0) is 17.9. The van der Waals surface area contributed by atoms with Gasteiger partial charge in [-0.1, -0.05) is 42.5 Å². The van der Waals surface area contributed by atoms with Gasteiger partial charge in [0.1, 0.15) is 0 Å². The summed E-state index contributed by atoms with van der Waals surface area (Å²) in [6.07, 6.45) is 0.296. The molecule has 0 aliphatic heterocycles. The number of anilines is 1. The molecule has 0 heterocycles. The number of hydrogen-bond donors (Lipinski definition) is 3. The Morgan fingerprint density at radius 2 is 1.64 bits per heavy atom. The van der Waals surface area contributed by atoms with Gasteiger partial charge in [-0.15, -0.1) is 0 Å². The summed E-state index contributed by atoms with van der Waals surface area (Å²) < 4.78 is 4.88. The minimum absolute atomic E-state index is 0.0571. The zero-order valence-corrected chi connectivity index (χ0v) is 14.2. The predicted molar refractivity (Wildman–Crippen MR) is 97.3 cm³/mol. The third-order valence-corrected chi connectivity index (χ3v) is 3.50. The molecule has 0 aliphatic carbocycles. The van der Waals surface area contributed by atoms with Crippen molar-refractivity contribution in [2.75, 3.05) is 25.6 Å². The zero-order valence-electron chi connectivity index (χ0n) is 14.2. The van der Waals surface area contributed by atoms with Gasteiger partial charge in [0.05, 0.1) is 13.0 Å². The molecule has 0 aromatic heterocycles. The molecule has 0 atom stereocenters. The molecule has 6 heteroatoms. The van der Waals surface area contributed by atoms with Gasteiger partial charge in [0, 0.05) is 25.9 Å². The van der Waals surface area contributed by atoms with Gasteiger partial charge in [0.15, 0.2) is 0 Å². The third kappa shape index (κ3) is 7.05. The molecule has 0 aliphatic rings. The Balaban J connectivity index is 1.75. The first-order valence-corrected chi connectivity index (χ1v) is 8.10. The van der Waals surface area contributed by atoms with E-state index in [0.29, 0.717) is 31.8 Å². The Morgan fingerprint density at radius 3 is 2.32 bits per heavy atom. The van der Waals surface area contributed by atoms with Gasteiger partial charge in [0.25, 0.3) is 0 Å². The van der Waals surface area contributed by atoms with E-state index in [1.54, 1.807) is 19.2 Å². The lowest BCUT2D eigenvalue weighted by molar-refractivity contribution is -0.120. The fraction of sp³-hybridized carbons (Fsp3) is 0.263. The molecule has 0 saturated heterocycles. The topological polar surface area (TPSA) is 79.5 Å². The summed E-state index contributed by atoms with van der Waals surface area (Å²) in [5, 5.41) is 8.33. The molecule has 3 N–H and O–H groups in total. The van der Waals surface area contributed by atoms with Crippen molar-refractivity contribution in [2.24, 2.45) is 0 Å². The summed E-state index contributed by atoms with van der Waals surface area (Å²) in [6, 6.07) is 16.6. The summed E-state index contributed by atoms with van der Waals surface area (Å²) in [7, 11) is 1.59. The molecule has 2 aromatic carbocycles. The quantitative estimate of drug-likeness (QED) is 0.645. The standard InChI is InChI=1S/C19H23N3O3/c1-25-12-11-20-18(23)13-15-7-9-17(10-8-15)22-19(24)21-14-16-5-3-2-4-6-16/h2-10H,11-14H2,1H3,(H,20,23)(H2,21,22,24). The van der Waals surface area contributed by atoms with Crippen LogP contribution in [0.1, 0.15) is 11.1 Å². The van der Waals surface area contributed by atoms with Crippen LogP contribution in [-0.2, 0) is 22.5 Å². The van der Waals surface area contributed by atoms with Gasteiger partial charge in [-0.3, -0.25) is 4.79 Å². The SMILES string of the molecule is COCCNC(=O)Cc1ccc(NC(=O)NCc2ccccc2)cc1. The highest BCUT2D eigenvalue weighted by Crippen LogP contribution is 2.10. The Kier molecular flexibility index (Phi) is 7.46. The minimum atomic E-state index is -0.270. The van der Waals surface area contributed by atoms with Crippen LogP contribution in [0.3, 0.4) is 0 Å². The molecule has 132 valence electrons. The molecular weight excluding hydrogens is 318 g/mol. The van der Waals surface area contributed by atoms with Crippen molar-refractivity contribution in [3.63, 3.8) is 0 Å². The number of benzene rings is 2. The molecule has 0 fully saturated rings. The number of carbonyl (C=O) groups excluding carboxylic acids is 2. The van der Waals surface area contributed by atoms with Crippen molar-refractivity contribution in [2.45, 2.75) is 13.0 Å². The maximum atomic E-state index is 11.9. The summed E-state index contributed by atoms with van der Waals surface area (Å²) >= 11 is 0. The number of hydrogen-bond acceptors (Lipinski definition) is 3. The fourth-order valence-corrected chi connectivity index (χ4v) is 2.20. The first-order valence-electron chi connectivity index (χ1n) is 8.10. The van der Waals surface area contributed by atoms with Gasteiger partial charge >= 0.3 is 6.03 Å². The Hall–Kier alpha value is -2.86. The molecule has 25 heavy (non-hydrogen) atoms. The van der Waals surface area contributed by atoms with Crippen molar-refractivity contribution >= 4 is 17.6 Å². The second-order valence-electron chi connectivity index (χ2n) is 5.51. The van der Waals surface area contributed by atoms with Crippen LogP contribution in [0.2, 0.25) is 0 Å². The number of rotatable bonds is 8.